The number of hydrogen-bond donors (Lipinski definition) is 2. The highest BCUT2D eigenvalue weighted by molar-refractivity contribution is 5.84. The van der Waals surface area contributed by atoms with E-state index < -0.39 is 29.9 Å². The first kappa shape index (κ1) is 19.7. The Labute approximate surface area is 151 Å². The number of amides is 1. The zero-order valence-corrected chi connectivity index (χ0v) is 14.6. The number of carbonyl (C=O) groups excluding carboxylic acids is 1. The van der Waals surface area contributed by atoms with E-state index >= 15 is 0 Å². The lowest BCUT2D eigenvalue weighted by Gasteiger charge is -2.35. The van der Waals surface area contributed by atoms with Crippen LogP contribution in [-0.4, -0.2) is 58.1 Å². The first-order chi connectivity index (χ1) is 12.4. The van der Waals surface area contributed by atoms with Crippen LogP contribution in [-0.2, 0) is 25.5 Å². The van der Waals surface area contributed by atoms with Gasteiger partial charge >= 0.3 is 18.0 Å². The van der Waals surface area contributed by atoms with Gasteiger partial charge in [0.1, 0.15) is 0 Å². The van der Waals surface area contributed by atoms with Gasteiger partial charge in [-0.3, -0.25) is 4.90 Å². The first-order valence-corrected chi connectivity index (χ1v) is 8.53. The van der Waals surface area contributed by atoms with Crippen molar-refractivity contribution in [2.75, 3.05) is 13.2 Å². The van der Waals surface area contributed by atoms with Gasteiger partial charge in [-0.1, -0.05) is 30.3 Å². The Morgan fingerprint density at radius 3 is 2.50 bits per heavy atom. The van der Waals surface area contributed by atoms with Gasteiger partial charge in [0.05, 0.1) is 6.61 Å². The van der Waals surface area contributed by atoms with Crippen LogP contribution in [0.3, 0.4) is 0 Å². The number of likely N-dealkylation sites (tertiary alicyclic amines) is 1. The van der Waals surface area contributed by atoms with Crippen molar-refractivity contribution in [2.24, 2.45) is 0 Å². The molecule has 1 aliphatic rings. The van der Waals surface area contributed by atoms with E-state index in [9.17, 15) is 24.6 Å². The lowest BCUT2D eigenvalue weighted by atomic mass is 10.1. The average Bonchev–Trinajstić information content (AvgIpc) is 3.05. The number of carboxylic acids is 1. The number of esters is 1. The number of carbonyl (C=O) groups is 3. The van der Waals surface area contributed by atoms with E-state index in [1.54, 1.807) is 6.92 Å². The van der Waals surface area contributed by atoms with E-state index in [4.69, 9.17) is 9.47 Å². The largest absolute Gasteiger partial charge is 0.478 e. The van der Waals surface area contributed by atoms with Gasteiger partial charge in [-0.25, -0.2) is 14.4 Å². The summed E-state index contributed by atoms with van der Waals surface area (Å²) in [5.41, 5.74) is -1.11. The molecule has 0 bridgehead atoms. The quantitative estimate of drug-likeness (QED) is 0.678. The number of benzene rings is 1. The molecule has 0 radical (unpaired) electrons. The molecule has 8 nitrogen and oxygen atoms in total. The summed E-state index contributed by atoms with van der Waals surface area (Å²) in [6, 6.07) is 9.35. The Morgan fingerprint density at radius 1 is 1.23 bits per heavy atom. The summed E-state index contributed by atoms with van der Waals surface area (Å²) in [6.45, 7) is 1.79. The molecule has 1 heterocycles. The number of carboxylic acid groups (broad SMARTS) is 2. The molecule has 0 spiro atoms. The van der Waals surface area contributed by atoms with E-state index in [2.05, 4.69) is 0 Å². The third kappa shape index (κ3) is 4.32. The maximum Gasteiger partial charge on any atom is 0.410 e. The van der Waals surface area contributed by atoms with Gasteiger partial charge in [0.2, 0.25) is 5.72 Å². The second-order valence-corrected chi connectivity index (χ2v) is 6.01. The van der Waals surface area contributed by atoms with Crippen molar-refractivity contribution in [3.8, 4) is 0 Å². The Kier molecular flexibility index (Phi) is 6.57. The fraction of sp³-hybridized carbons (Fsp3) is 0.500. The van der Waals surface area contributed by atoms with Crippen molar-refractivity contribution >= 4 is 18.0 Å². The monoisotopic (exact) mass is 365 g/mol. The Morgan fingerprint density at radius 2 is 1.92 bits per heavy atom. The SMILES string of the molecule is CCOC(=O)C(CCc1ccccc1)OC1(C(=O)O)CCCN1C(=O)O. The van der Waals surface area contributed by atoms with Crippen LogP contribution < -0.4 is 0 Å². The van der Waals surface area contributed by atoms with Crippen LogP contribution in [0.25, 0.3) is 0 Å². The molecule has 2 unspecified atom stereocenters. The van der Waals surface area contributed by atoms with Crippen molar-refractivity contribution < 1.29 is 34.1 Å². The molecule has 8 heteroatoms. The van der Waals surface area contributed by atoms with Gasteiger partial charge in [-0.2, -0.15) is 0 Å². The van der Waals surface area contributed by atoms with Crippen molar-refractivity contribution in [1.29, 1.82) is 0 Å². The molecule has 1 aliphatic heterocycles. The summed E-state index contributed by atoms with van der Waals surface area (Å²) >= 11 is 0. The number of rotatable bonds is 8. The minimum absolute atomic E-state index is 0.0180. The number of nitrogens with zero attached hydrogens (tertiary/aromatic N) is 1. The summed E-state index contributed by atoms with van der Waals surface area (Å²) in [7, 11) is 0. The van der Waals surface area contributed by atoms with E-state index in [1.807, 2.05) is 30.3 Å². The predicted octanol–water partition coefficient (Wildman–Crippen LogP) is 2.12. The van der Waals surface area contributed by atoms with Crippen molar-refractivity contribution in [3.05, 3.63) is 35.9 Å². The lowest BCUT2D eigenvalue weighted by molar-refractivity contribution is -0.206. The maximum atomic E-state index is 12.3. The Hall–Kier alpha value is -2.61. The minimum atomic E-state index is -2.07. The second kappa shape index (κ2) is 8.66. The highest BCUT2D eigenvalue weighted by atomic mass is 16.6. The molecule has 2 N–H and O–H groups in total. The fourth-order valence-corrected chi connectivity index (χ4v) is 3.08. The van der Waals surface area contributed by atoms with E-state index in [-0.39, 0.29) is 26.0 Å². The topological polar surface area (TPSA) is 113 Å². The molecule has 1 fully saturated rings. The normalized spacial score (nSPS) is 20.6. The van der Waals surface area contributed by atoms with Crippen molar-refractivity contribution in [1.82, 2.24) is 4.90 Å². The van der Waals surface area contributed by atoms with Crippen molar-refractivity contribution in [3.63, 3.8) is 0 Å². The molecule has 0 saturated carbocycles. The molecule has 0 aromatic heterocycles. The molecule has 1 aromatic carbocycles. The summed E-state index contributed by atoms with van der Waals surface area (Å²) in [5, 5.41) is 19.0. The molecule has 2 atom stereocenters. The fourth-order valence-electron chi connectivity index (χ4n) is 3.08. The number of aryl methyl sites for hydroxylation is 1. The second-order valence-electron chi connectivity index (χ2n) is 6.01. The van der Waals surface area contributed by atoms with Crippen LogP contribution in [0.4, 0.5) is 4.79 Å². The van der Waals surface area contributed by atoms with E-state index in [1.165, 1.54) is 0 Å². The van der Waals surface area contributed by atoms with Gasteiger partial charge < -0.3 is 19.7 Å². The van der Waals surface area contributed by atoms with Gasteiger partial charge in [-0.15, -0.1) is 0 Å². The number of aliphatic carboxylic acids is 1. The van der Waals surface area contributed by atoms with Crippen LogP contribution in [0.2, 0.25) is 0 Å². The molecule has 1 aromatic rings. The third-order valence-corrected chi connectivity index (χ3v) is 4.32. The summed E-state index contributed by atoms with van der Waals surface area (Å²) < 4.78 is 10.6. The highest BCUT2D eigenvalue weighted by Crippen LogP contribution is 2.33. The maximum absolute atomic E-state index is 12.3. The highest BCUT2D eigenvalue weighted by Gasteiger charge is 2.54. The van der Waals surface area contributed by atoms with E-state index in [0.717, 1.165) is 10.5 Å². The van der Waals surface area contributed by atoms with Crippen LogP contribution in [0, 0.1) is 0 Å². The molecule has 1 amide bonds. The minimum Gasteiger partial charge on any atom is -0.478 e. The molecular weight excluding hydrogens is 342 g/mol. The summed E-state index contributed by atoms with van der Waals surface area (Å²) in [5.74, 6) is -2.12. The molecule has 2 rings (SSSR count). The van der Waals surface area contributed by atoms with Crippen LogP contribution in [0.1, 0.15) is 31.7 Å². The standard InChI is InChI=1S/C18H23NO7/c1-2-25-15(20)14(10-9-13-7-4-3-5-8-13)26-18(16(21)22)11-6-12-19(18)17(23)24/h3-5,7-8,14H,2,6,9-12H2,1H3,(H,21,22)(H,23,24). The van der Waals surface area contributed by atoms with Crippen LogP contribution in [0.15, 0.2) is 30.3 Å². The molecule has 26 heavy (non-hydrogen) atoms. The lowest BCUT2D eigenvalue weighted by Crippen LogP contribution is -2.57. The zero-order valence-electron chi connectivity index (χ0n) is 14.6. The van der Waals surface area contributed by atoms with Gasteiger partial charge in [0.15, 0.2) is 6.10 Å². The predicted molar refractivity (Wildman–Crippen MR) is 90.6 cm³/mol. The first-order valence-electron chi connectivity index (χ1n) is 8.53. The molecule has 1 saturated heterocycles. The molecular formula is C18H23NO7. The third-order valence-electron chi connectivity index (χ3n) is 4.32. The number of hydrogen-bond acceptors (Lipinski definition) is 5. The van der Waals surface area contributed by atoms with Gasteiger partial charge in [-0.05, 0) is 31.7 Å². The smallest absolute Gasteiger partial charge is 0.410 e. The van der Waals surface area contributed by atoms with Gasteiger partial charge in [0, 0.05) is 13.0 Å². The van der Waals surface area contributed by atoms with E-state index in [0.29, 0.717) is 12.8 Å². The number of ether oxygens (including phenoxy) is 2. The summed E-state index contributed by atoms with van der Waals surface area (Å²) in [4.78, 5) is 36.3. The Balaban J connectivity index is 2.21. The summed E-state index contributed by atoms with van der Waals surface area (Å²) in [6.07, 6.45) is -1.59. The zero-order chi connectivity index (χ0) is 19.2. The average molecular weight is 365 g/mol. The van der Waals surface area contributed by atoms with Crippen LogP contribution >= 0.6 is 0 Å². The van der Waals surface area contributed by atoms with Crippen LogP contribution in [0.5, 0.6) is 0 Å². The molecule has 0 aliphatic carbocycles. The van der Waals surface area contributed by atoms with Crippen molar-refractivity contribution in [2.45, 2.75) is 44.4 Å². The van der Waals surface area contributed by atoms with Gasteiger partial charge in [0.25, 0.3) is 0 Å². The molecule has 142 valence electrons. The Bertz CT molecular complexity index is 648.